The number of nitrogens with zero attached hydrogens (tertiary/aromatic N) is 5. The molecule has 2 aromatic rings. The molecule has 0 bridgehead atoms. The van der Waals surface area contributed by atoms with E-state index in [1.54, 1.807) is 30.3 Å². The van der Waals surface area contributed by atoms with E-state index in [1.807, 2.05) is 55.4 Å². The fourth-order valence-corrected chi connectivity index (χ4v) is 17.0. The number of nitrogens with one attached hydrogen (secondary N) is 1. The maximum atomic E-state index is 14.1. The van der Waals surface area contributed by atoms with Crippen molar-refractivity contribution in [1.82, 2.24) is 9.55 Å². The van der Waals surface area contributed by atoms with Gasteiger partial charge in [-0.2, -0.15) is 4.98 Å². The molecule has 2 aliphatic rings. The number of ether oxygens (including phenoxy) is 1. The van der Waals surface area contributed by atoms with E-state index in [2.05, 4.69) is 20.3 Å². The van der Waals surface area contributed by atoms with Gasteiger partial charge in [0.1, 0.15) is 11.9 Å². The Morgan fingerprint density at radius 3 is 2.16 bits per heavy atom. The summed E-state index contributed by atoms with van der Waals surface area (Å²) in [4.78, 5) is 46.8. The third-order valence-corrected chi connectivity index (χ3v) is 18.3. The van der Waals surface area contributed by atoms with Gasteiger partial charge in [-0.25, -0.2) is 4.79 Å². The molecule has 2 aliphatic heterocycles. The van der Waals surface area contributed by atoms with Gasteiger partial charge in [0.2, 0.25) is 17.7 Å². The Bertz CT molecular complexity index is 1440. The monoisotopic (exact) mass is 628 g/mol. The van der Waals surface area contributed by atoms with Crippen molar-refractivity contribution in [3.8, 4) is 0 Å². The summed E-state index contributed by atoms with van der Waals surface area (Å²) in [5.41, 5.74) is 7.10. The molecule has 2 saturated heterocycles. The van der Waals surface area contributed by atoms with Crippen molar-refractivity contribution < 1.29 is 27.3 Å². The molecule has 3 heterocycles. The highest BCUT2D eigenvalue weighted by atomic mass is 28.5. The second kappa shape index (κ2) is 12.4. The first-order valence-electron chi connectivity index (χ1n) is 14.5. The quantitative estimate of drug-likeness (QED) is 0.172. The molecule has 1 N–H and O–H groups in total. The van der Waals surface area contributed by atoms with Crippen LogP contribution in [0.3, 0.4) is 0 Å². The number of amides is 1. The van der Waals surface area contributed by atoms with Crippen LogP contribution in [0.15, 0.2) is 52.5 Å². The molecule has 0 radical (unpaired) electrons. The van der Waals surface area contributed by atoms with Crippen LogP contribution in [0.1, 0.15) is 72.0 Å². The molecule has 1 aromatic heterocycles. The number of aromatic nitrogens is 2. The Hall–Kier alpha value is -3.18. The summed E-state index contributed by atoms with van der Waals surface area (Å²) in [6.07, 6.45) is -1.60. The van der Waals surface area contributed by atoms with Crippen LogP contribution in [0.25, 0.3) is 10.4 Å². The van der Waals surface area contributed by atoms with Crippen LogP contribution in [-0.2, 0) is 22.5 Å². The summed E-state index contributed by atoms with van der Waals surface area (Å²) in [5.74, 6) is -1.07. The number of ketones is 1. The van der Waals surface area contributed by atoms with Crippen molar-refractivity contribution in [3.05, 3.63) is 69.1 Å². The minimum Gasteiger partial charge on any atom is -0.414 e. The van der Waals surface area contributed by atoms with Crippen molar-refractivity contribution in [1.29, 1.82) is 0 Å². The average molecular weight is 629 g/mol. The molecular weight excluding hydrogens is 589 g/mol. The average Bonchev–Trinajstić information content (AvgIpc) is 3.19. The second-order valence-corrected chi connectivity index (χ2v) is 21.0. The summed E-state index contributed by atoms with van der Waals surface area (Å²) in [6.45, 7) is 15.9. The number of anilines is 1. The second-order valence-electron chi connectivity index (χ2n) is 12.2. The lowest BCUT2D eigenvalue weighted by Gasteiger charge is -2.52. The van der Waals surface area contributed by atoms with Gasteiger partial charge in [0, 0.05) is 16.7 Å². The third-order valence-electron chi connectivity index (χ3n) is 8.15. The number of carbonyl (C=O) groups is 2. The van der Waals surface area contributed by atoms with Crippen LogP contribution in [0, 0.1) is 0 Å². The molecule has 0 unspecified atom stereocenters. The Balaban J connectivity index is 1.77. The minimum atomic E-state index is -3.29. The van der Waals surface area contributed by atoms with Crippen LogP contribution in [0.4, 0.5) is 5.82 Å². The van der Waals surface area contributed by atoms with Gasteiger partial charge in [0.25, 0.3) is 5.91 Å². The number of benzene rings is 1. The highest BCUT2D eigenvalue weighted by molar-refractivity contribution is 6.84. The Labute approximate surface area is 253 Å². The summed E-state index contributed by atoms with van der Waals surface area (Å²) >= 11 is 0. The largest absolute Gasteiger partial charge is 0.414 e. The topological polar surface area (TPSA) is 167 Å². The van der Waals surface area contributed by atoms with Gasteiger partial charge in [-0.1, -0.05) is 78.7 Å². The first kappa shape index (κ1) is 32.7. The van der Waals surface area contributed by atoms with E-state index in [-0.39, 0.29) is 34.6 Å². The fraction of sp³-hybridized carbons (Fsp3) is 0.571. The molecular formula is C28H40N6O7Si2. The number of Topliss-reactive ketones (excluding diaryl/α,β-unsaturated/α-hetero) is 1. The van der Waals surface area contributed by atoms with Gasteiger partial charge in [0.15, 0.2) is 0 Å². The zero-order valence-electron chi connectivity index (χ0n) is 25.8. The molecule has 15 heteroatoms. The number of fused-ring (bicyclic) bond motifs is 1. The van der Waals surface area contributed by atoms with Crippen molar-refractivity contribution in [3.63, 3.8) is 0 Å². The fourth-order valence-electron chi connectivity index (χ4n) is 5.85. The zero-order valence-corrected chi connectivity index (χ0v) is 27.8. The van der Waals surface area contributed by atoms with E-state index in [9.17, 15) is 19.9 Å². The summed E-state index contributed by atoms with van der Waals surface area (Å²) in [7, 11) is -6.35. The lowest BCUT2D eigenvalue weighted by Crippen LogP contribution is -2.67. The van der Waals surface area contributed by atoms with Crippen molar-refractivity contribution in [2.24, 2.45) is 5.11 Å². The molecule has 2 fully saturated rings. The van der Waals surface area contributed by atoms with E-state index in [0.717, 1.165) is 4.57 Å². The number of hydrogen-bond donors (Lipinski definition) is 1. The Morgan fingerprint density at radius 2 is 1.63 bits per heavy atom. The lowest BCUT2D eigenvalue weighted by atomic mass is 10.1. The molecule has 13 nitrogen and oxygen atoms in total. The third kappa shape index (κ3) is 5.85. The van der Waals surface area contributed by atoms with Gasteiger partial charge in [0.05, 0.1) is 6.61 Å². The first-order valence-corrected chi connectivity index (χ1v) is 18.4. The van der Waals surface area contributed by atoms with Gasteiger partial charge in [-0.05, 0) is 45.9 Å². The van der Waals surface area contributed by atoms with Crippen molar-refractivity contribution in [2.45, 2.75) is 95.6 Å². The lowest BCUT2D eigenvalue weighted by molar-refractivity contribution is -0.133. The predicted octanol–water partition coefficient (Wildman–Crippen LogP) is 5.56. The number of rotatable bonds is 8. The summed E-state index contributed by atoms with van der Waals surface area (Å²) < 4.78 is 27.8. The SMILES string of the molecule is CC(C)[Si]1(C(C)C)OC[C@@]2(N=[N+]=[N-])O[C@@H](n3ccc(NC(=O)c4ccccc4)nc3=O)C(=O)[C@@H]2O[Si](C(C)C)(C(C)C)O1. The molecule has 0 saturated carbocycles. The normalized spacial score (nSPS) is 24.9. The highest BCUT2D eigenvalue weighted by Gasteiger charge is 2.66. The number of carbonyl (C=O) groups excluding carboxylic acids is 2. The van der Waals surface area contributed by atoms with E-state index in [4.69, 9.17) is 17.7 Å². The van der Waals surface area contributed by atoms with Gasteiger partial charge in [-0.3, -0.25) is 14.2 Å². The van der Waals surface area contributed by atoms with E-state index in [0.29, 0.717) is 5.56 Å². The van der Waals surface area contributed by atoms with Crippen molar-refractivity contribution in [2.75, 3.05) is 11.9 Å². The number of hydrogen-bond acceptors (Lipinski definition) is 9. The van der Waals surface area contributed by atoms with E-state index < -0.39 is 52.6 Å². The maximum Gasteiger partial charge on any atom is 0.352 e. The molecule has 4 rings (SSSR count). The van der Waals surface area contributed by atoms with Crippen LogP contribution < -0.4 is 11.0 Å². The number of azide groups is 1. The molecule has 1 amide bonds. The van der Waals surface area contributed by atoms with Crippen LogP contribution in [0.2, 0.25) is 22.2 Å². The van der Waals surface area contributed by atoms with E-state index in [1.165, 1.54) is 12.3 Å². The Morgan fingerprint density at radius 1 is 1.02 bits per heavy atom. The van der Waals surface area contributed by atoms with Crippen LogP contribution in [-0.4, -0.2) is 56.8 Å². The molecule has 3 atom stereocenters. The van der Waals surface area contributed by atoms with Gasteiger partial charge >= 0.3 is 22.8 Å². The van der Waals surface area contributed by atoms with Crippen LogP contribution >= 0.6 is 0 Å². The summed E-state index contributed by atoms with van der Waals surface area (Å²) in [6, 6.07) is 9.86. The summed E-state index contributed by atoms with van der Waals surface area (Å²) in [5, 5.41) is 6.56. The molecule has 0 spiro atoms. The minimum absolute atomic E-state index is 0.00000187. The molecule has 43 heavy (non-hydrogen) atoms. The van der Waals surface area contributed by atoms with Crippen molar-refractivity contribution >= 4 is 34.6 Å². The molecule has 232 valence electrons. The molecule has 0 aliphatic carbocycles. The first-order chi connectivity index (χ1) is 20.2. The molecule has 1 aromatic carbocycles. The zero-order chi connectivity index (χ0) is 31.7. The van der Waals surface area contributed by atoms with E-state index >= 15 is 0 Å². The smallest absolute Gasteiger partial charge is 0.352 e. The Kier molecular flexibility index (Phi) is 9.47. The van der Waals surface area contributed by atoms with Crippen LogP contribution in [0.5, 0.6) is 0 Å². The van der Waals surface area contributed by atoms with Gasteiger partial charge < -0.3 is 23.0 Å². The predicted molar refractivity (Wildman–Crippen MR) is 164 cm³/mol. The van der Waals surface area contributed by atoms with Gasteiger partial charge in [-0.15, -0.1) is 0 Å². The standard InChI is InChI=1S/C28H40N6O7Si2/c1-17(2)42(18(3)4)38-16-28(32-33-29)24(40-43(41-42,19(5)6)20(7)8)23(35)26(39-28)34-15-14-22(31-27(34)37)30-25(36)21-12-10-9-11-13-21/h9-15,17-20,24,26H,16H2,1-8H3,(H,30,31,36,37)/t24-,26+,28+/m0/s1. The maximum absolute atomic E-state index is 14.1. The highest BCUT2D eigenvalue weighted by Crippen LogP contribution is 2.50.